The Kier molecular flexibility index (Phi) is 2.04. The van der Waals surface area contributed by atoms with E-state index in [2.05, 4.69) is 0 Å². The topological polar surface area (TPSA) is 44.8 Å². The Balaban J connectivity index is 2.66. The monoisotopic (exact) mass is 194 g/mol. The molecule has 0 bridgehead atoms. The van der Waals surface area contributed by atoms with Crippen LogP contribution in [0, 0.1) is 6.92 Å². The number of hydrogen-bond donors (Lipinski definition) is 0. The van der Waals surface area contributed by atoms with Gasteiger partial charge in [-0.25, -0.2) is 0 Å². The van der Waals surface area contributed by atoms with Crippen LogP contribution in [-0.2, 0) is 0 Å². The summed E-state index contributed by atoms with van der Waals surface area (Å²) in [5, 5.41) is 0. The second-order valence-corrected chi connectivity index (χ2v) is 2.98. The van der Waals surface area contributed by atoms with Crippen LogP contribution in [-0.4, -0.2) is 20.2 Å². The van der Waals surface area contributed by atoms with E-state index in [1.807, 2.05) is 6.92 Å². The van der Waals surface area contributed by atoms with Crippen molar-refractivity contribution in [1.82, 2.24) is 0 Å². The highest BCUT2D eigenvalue weighted by Crippen LogP contribution is 2.42. The van der Waals surface area contributed by atoms with Gasteiger partial charge in [0, 0.05) is 5.56 Å². The van der Waals surface area contributed by atoms with Gasteiger partial charge in [-0.3, -0.25) is 4.79 Å². The first-order chi connectivity index (χ1) is 6.77. The van der Waals surface area contributed by atoms with Crippen LogP contribution < -0.4 is 14.2 Å². The molecule has 0 fully saturated rings. The Bertz CT molecular complexity index is 384. The van der Waals surface area contributed by atoms with Gasteiger partial charge in [-0.2, -0.15) is 0 Å². The number of methoxy groups -OCH3 is 1. The summed E-state index contributed by atoms with van der Waals surface area (Å²) in [6.07, 6.45) is 0.732. The van der Waals surface area contributed by atoms with Crippen LogP contribution in [0.1, 0.15) is 15.9 Å². The predicted molar refractivity (Wildman–Crippen MR) is 49.2 cm³/mol. The molecule has 74 valence electrons. The highest BCUT2D eigenvalue weighted by Gasteiger charge is 2.23. The van der Waals surface area contributed by atoms with Crippen LogP contribution in [0.4, 0.5) is 0 Å². The van der Waals surface area contributed by atoms with E-state index in [1.54, 1.807) is 13.2 Å². The Labute approximate surface area is 81.4 Å². The van der Waals surface area contributed by atoms with Crippen molar-refractivity contribution in [3.05, 3.63) is 17.2 Å². The van der Waals surface area contributed by atoms with Crippen molar-refractivity contribution in [3.8, 4) is 17.2 Å². The van der Waals surface area contributed by atoms with E-state index in [9.17, 15) is 4.79 Å². The number of fused-ring (bicyclic) bond motifs is 1. The van der Waals surface area contributed by atoms with E-state index in [-0.39, 0.29) is 6.79 Å². The maximum atomic E-state index is 10.8. The molecule has 1 aliphatic heterocycles. The Morgan fingerprint density at radius 3 is 2.79 bits per heavy atom. The third-order valence-corrected chi connectivity index (χ3v) is 2.22. The second-order valence-electron chi connectivity index (χ2n) is 2.98. The Hall–Kier alpha value is -1.71. The highest BCUT2D eigenvalue weighted by atomic mass is 16.7. The zero-order valence-corrected chi connectivity index (χ0v) is 7.99. The maximum absolute atomic E-state index is 10.8. The lowest BCUT2D eigenvalue weighted by Crippen LogP contribution is -1.94. The summed E-state index contributed by atoms with van der Waals surface area (Å²) in [5.41, 5.74) is 1.31. The molecule has 1 heterocycles. The van der Waals surface area contributed by atoms with Crippen LogP contribution in [0.5, 0.6) is 17.2 Å². The molecule has 0 saturated carbocycles. The van der Waals surface area contributed by atoms with Gasteiger partial charge in [0.15, 0.2) is 17.8 Å². The molecule has 0 atom stereocenters. The number of aldehydes is 1. The summed E-state index contributed by atoms with van der Waals surface area (Å²) in [6.45, 7) is 2.02. The molecule has 0 radical (unpaired) electrons. The number of rotatable bonds is 2. The van der Waals surface area contributed by atoms with Crippen molar-refractivity contribution in [2.45, 2.75) is 6.92 Å². The van der Waals surface area contributed by atoms with Gasteiger partial charge in [-0.1, -0.05) is 0 Å². The molecular weight excluding hydrogens is 184 g/mol. The third-order valence-electron chi connectivity index (χ3n) is 2.22. The predicted octanol–water partition coefficient (Wildman–Crippen LogP) is 1.54. The molecule has 0 amide bonds. The fourth-order valence-corrected chi connectivity index (χ4v) is 1.50. The van der Waals surface area contributed by atoms with Crippen molar-refractivity contribution in [2.24, 2.45) is 0 Å². The van der Waals surface area contributed by atoms with Gasteiger partial charge in [-0.05, 0) is 13.0 Å². The van der Waals surface area contributed by atoms with E-state index in [1.165, 1.54) is 0 Å². The Morgan fingerprint density at radius 2 is 2.14 bits per heavy atom. The molecule has 14 heavy (non-hydrogen) atoms. The SMILES string of the molecule is COc1cc(C=O)c2c(c1C)OCO2. The minimum atomic E-state index is 0.157. The van der Waals surface area contributed by atoms with Crippen molar-refractivity contribution in [2.75, 3.05) is 13.9 Å². The summed E-state index contributed by atoms with van der Waals surface area (Å²) < 4.78 is 15.6. The molecule has 0 saturated heterocycles. The summed E-state index contributed by atoms with van der Waals surface area (Å²) in [5.74, 6) is 1.75. The normalized spacial score (nSPS) is 12.7. The average Bonchev–Trinajstić information content (AvgIpc) is 2.68. The van der Waals surface area contributed by atoms with Gasteiger partial charge in [-0.15, -0.1) is 0 Å². The van der Waals surface area contributed by atoms with E-state index in [0.717, 1.165) is 11.8 Å². The van der Waals surface area contributed by atoms with Gasteiger partial charge in [0.2, 0.25) is 6.79 Å². The standard InChI is InChI=1S/C10H10O4/c1-6-8(12-2)3-7(4-11)10-9(6)13-5-14-10/h3-4H,5H2,1-2H3. The molecule has 0 aliphatic carbocycles. The smallest absolute Gasteiger partial charge is 0.231 e. The second kappa shape index (κ2) is 3.21. The molecule has 1 aromatic rings. The molecule has 4 heteroatoms. The van der Waals surface area contributed by atoms with Crippen LogP contribution in [0.25, 0.3) is 0 Å². The lowest BCUT2D eigenvalue weighted by Gasteiger charge is -2.08. The molecule has 4 nitrogen and oxygen atoms in total. The van der Waals surface area contributed by atoms with Gasteiger partial charge < -0.3 is 14.2 Å². The fraction of sp³-hybridized carbons (Fsp3) is 0.300. The molecule has 0 unspecified atom stereocenters. The molecule has 1 aliphatic rings. The molecule has 2 rings (SSSR count). The van der Waals surface area contributed by atoms with Crippen molar-refractivity contribution in [3.63, 3.8) is 0 Å². The Morgan fingerprint density at radius 1 is 1.43 bits per heavy atom. The van der Waals surface area contributed by atoms with Crippen molar-refractivity contribution < 1.29 is 19.0 Å². The van der Waals surface area contributed by atoms with E-state index < -0.39 is 0 Å². The summed E-state index contributed by atoms with van der Waals surface area (Å²) in [4.78, 5) is 10.8. The minimum absolute atomic E-state index is 0.157. The lowest BCUT2D eigenvalue weighted by atomic mass is 10.1. The van der Waals surface area contributed by atoms with Gasteiger partial charge in [0.25, 0.3) is 0 Å². The lowest BCUT2D eigenvalue weighted by molar-refractivity contribution is 0.111. The van der Waals surface area contributed by atoms with Gasteiger partial charge in [0.1, 0.15) is 5.75 Å². The number of hydrogen-bond acceptors (Lipinski definition) is 4. The quantitative estimate of drug-likeness (QED) is 0.670. The van der Waals surface area contributed by atoms with Crippen LogP contribution >= 0.6 is 0 Å². The summed E-state index contributed by atoms with van der Waals surface area (Å²) in [6, 6.07) is 1.65. The van der Waals surface area contributed by atoms with Crippen LogP contribution in [0.2, 0.25) is 0 Å². The number of carbonyl (C=O) groups excluding carboxylic acids is 1. The fourth-order valence-electron chi connectivity index (χ4n) is 1.50. The maximum Gasteiger partial charge on any atom is 0.231 e. The average molecular weight is 194 g/mol. The summed E-state index contributed by atoms with van der Waals surface area (Å²) in [7, 11) is 1.55. The number of ether oxygens (including phenoxy) is 3. The first-order valence-electron chi connectivity index (χ1n) is 4.20. The summed E-state index contributed by atoms with van der Waals surface area (Å²) >= 11 is 0. The third kappa shape index (κ3) is 1.11. The molecule has 0 aromatic heterocycles. The highest BCUT2D eigenvalue weighted by molar-refractivity contribution is 5.83. The van der Waals surface area contributed by atoms with E-state index >= 15 is 0 Å². The minimum Gasteiger partial charge on any atom is -0.496 e. The van der Waals surface area contributed by atoms with Gasteiger partial charge >= 0.3 is 0 Å². The molecular formula is C10H10O4. The van der Waals surface area contributed by atoms with Crippen molar-refractivity contribution in [1.29, 1.82) is 0 Å². The van der Waals surface area contributed by atoms with E-state index in [0.29, 0.717) is 22.8 Å². The molecule has 1 aromatic carbocycles. The zero-order valence-electron chi connectivity index (χ0n) is 7.99. The zero-order chi connectivity index (χ0) is 10.1. The van der Waals surface area contributed by atoms with Crippen LogP contribution in [0.3, 0.4) is 0 Å². The van der Waals surface area contributed by atoms with Crippen LogP contribution in [0.15, 0.2) is 6.07 Å². The largest absolute Gasteiger partial charge is 0.496 e. The molecule has 0 spiro atoms. The first-order valence-corrected chi connectivity index (χ1v) is 4.20. The number of benzene rings is 1. The molecule has 0 N–H and O–H groups in total. The van der Waals surface area contributed by atoms with Crippen molar-refractivity contribution >= 4 is 6.29 Å². The first kappa shape index (κ1) is 8.87. The van der Waals surface area contributed by atoms with Gasteiger partial charge in [0.05, 0.1) is 12.7 Å². The number of carbonyl (C=O) groups is 1. The van der Waals surface area contributed by atoms with E-state index in [4.69, 9.17) is 14.2 Å².